The Bertz CT molecular complexity index is 2340. The number of aromatic nitrogens is 2. The molecule has 406 valence electrons. The number of urea groups is 1. The lowest BCUT2D eigenvalue weighted by Gasteiger charge is -2.39. The first kappa shape index (κ1) is 57.8. The molecule has 28 nitrogen and oxygen atoms in total. The van der Waals surface area contributed by atoms with Gasteiger partial charge in [0.15, 0.2) is 18.5 Å². The number of carbonyl (C=O) groups excluding carboxylic acids is 3. The van der Waals surface area contributed by atoms with Gasteiger partial charge in [-0.3, -0.25) is 38.6 Å². The Morgan fingerprint density at radius 3 is 2.21 bits per heavy atom. The van der Waals surface area contributed by atoms with Gasteiger partial charge in [-0.05, 0) is 30.2 Å². The van der Waals surface area contributed by atoms with E-state index in [0.29, 0.717) is 5.56 Å². The summed E-state index contributed by atoms with van der Waals surface area (Å²) in [7, 11) is 1.24. The fourth-order valence-corrected chi connectivity index (χ4v) is 8.80. The molecule has 2 saturated heterocycles. The normalized spacial score (nSPS) is 26.5. The lowest BCUT2D eigenvalue weighted by Crippen LogP contribution is -2.66. The minimum Gasteiger partial charge on any atom is -0.480 e. The maximum absolute atomic E-state index is 14.1. The van der Waals surface area contributed by atoms with Crippen LogP contribution in [-0.2, 0) is 44.7 Å². The SMILES string of the molecule is CO[C@H]1[C@@H](OC(C(C(=O)O)N(CCCNC(=O)C(NC(=O)C(NC(=O)NC(C(=O)O)C(C)C)C2CCN=C(N)N2)C(O)C(C)C)Cc2ccccc2)[C@H]2O[C@@H](n3ccc(=O)[nH]c3=O)[C@H](O)[C@@H]2O)O[C@H](CN)[C@@H]1O. The number of aliphatic hydroxyl groups excluding tert-OH is 4. The molecule has 1 aromatic carbocycles. The molecular weight excluding hydrogens is 967 g/mol. The van der Waals surface area contributed by atoms with Crippen LogP contribution in [-0.4, -0.2) is 199 Å². The predicted octanol–water partition coefficient (Wildman–Crippen LogP) is -4.98. The van der Waals surface area contributed by atoms with Crippen LogP contribution in [0.5, 0.6) is 0 Å². The lowest BCUT2D eigenvalue weighted by molar-refractivity contribution is -0.238. The van der Waals surface area contributed by atoms with Crippen molar-refractivity contribution in [3.8, 4) is 0 Å². The third-order valence-corrected chi connectivity index (χ3v) is 12.8. The number of benzene rings is 1. The van der Waals surface area contributed by atoms with Crippen molar-refractivity contribution in [2.75, 3.05) is 33.3 Å². The zero-order valence-corrected chi connectivity index (χ0v) is 41.0. The van der Waals surface area contributed by atoms with Gasteiger partial charge in [-0.25, -0.2) is 14.4 Å². The standard InChI is InChI=1S/C45H69N11O17/c1-20(2)26(40(64)65)53-44(68)54-27(23-12-15-49-43(47)50-23)38(63)52-28(30(58)21(3)4)37(62)48-14-9-16-55(19-22-10-7-6-8-11-22)29(41(66)67)34(73-42-36(70-5)31(59)24(18-46)71-42)35-32(60)33(61)39(72-35)56-17-13-25(57)51-45(56)69/h6-8,10-11,13,17,20-21,23-24,26-36,39,42,58-61H,9,12,14-16,18-19,46H2,1-5H3,(H,48,62)(H,52,63)(H,64,65)(H,66,67)(H3,47,49,50)(H,51,57,69)(H2,53,54,68)/t23?,24-,26?,27?,28?,29?,30?,31+,32+,33-,34?,35+,36-,39-,42-/m1/s1. The van der Waals surface area contributed by atoms with E-state index in [2.05, 4.69) is 31.6 Å². The second kappa shape index (κ2) is 26.2. The first-order valence-corrected chi connectivity index (χ1v) is 23.8. The highest BCUT2D eigenvalue weighted by Gasteiger charge is 2.55. The van der Waals surface area contributed by atoms with Crippen LogP contribution in [0.1, 0.15) is 52.3 Å². The molecule has 0 spiro atoms. The molecule has 2 fully saturated rings. The number of aliphatic hydroxyl groups is 4. The van der Waals surface area contributed by atoms with Gasteiger partial charge in [-0.1, -0.05) is 58.0 Å². The van der Waals surface area contributed by atoms with Gasteiger partial charge in [0.1, 0.15) is 66.9 Å². The van der Waals surface area contributed by atoms with E-state index in [0.717, 1.165) is 16.8 Å². The number of carbonyl (C=O) groups is 5. The number of aromatic amines is 1. The molecule has 16 N–H and O–H groups in total. The molecular formula is C45H69N11O17. The Kier molecular flexibility index (Phi) is 20.8. The Morgan fingerprint density at radius 2 is 1.62 bits per heavy atom. The Morgan fingerprint density at radius 1 is 0.918 bits per heavy atom. The van der Waals surface area contributed by atoms with E-state index in [1.165, 1.54) is 12.0 Å². The highest BCUT2D eigenvalue weighted by Crippen LogP contribution is 2.36. The average Bonchev–Trinajstić information content (AvgIpc) is 3.81. The maximum atomic E-state index is 14.1. The number of nitrogens with two attached hydrogens (primary N) is 2. The fourth-order valence-electron chi connectivity index (χ4n) is 8.80. The summed E-state index contributed by atoms with van der Waals surface area (Å²) in [4.78, 5) is 99.2. The molecule has 0 bridgehead atoms. The number of hydrogen-bond donors (Lipinski definition) is 14. The van der Waals surface area contributed by atoms with E-state index in [-0.39, 0.29) is 51.5 Å². The van der Waals surface area contributed by atoms with Gasteiger partial charge in [-0.15, -0.1) is 0 Å². The van der Waals surface area contributed by atoms with Crippen LogP contribution in [0.25, 0.3) is 0 Å². The first-order chi connectivity index (χ1) is 34.6. The van der Waals surface area contributed by atoms with Crippen LogP contribution < -0.4 is 49.3 Å². The van der Waals surface area contributed by atoms with Gasteiger partial charge in [0, 0.05) is 52.1 Å². The summed E-state index contributed by atoms with van der Waals surface area (Å²) in [5.41, 5.74) is 10.6. The number of ether oxygens (including phenoxy) is 4. The molecule has 4 amide bonds. The number of aliphatic imine (C=N–C) groups is 1. The summed E-state index contributed by atoms with van der Waals surface area (Å²) < 4.78 is 24.6. The van der Waals surface area contributed by atoms with Crippen LogP contribution in [0.2, 0.25) is 0 Å². The van der Waals surface area contributed by atoms with Crippen LogP contribution in [0.3, 0.4) is 0 Å². The summed E-state index contributed by atoms with van der Waals surface area (Å²) in [5, 5.41) is 78.9. The molecule has 0 radical (unpaired) electrons. The van der Waals surface area contributed by atoms with Crippen LogP contribution >= 0.6 is 0 Å². The molecule has 7 unspecified atom stereocenters. The smallest absolute Gasteiger partial charge is 0.330 e. The molecule has 2 aromatic rings. The van der Waals surface area contributed by atoms with E-state index >= 15 is 0 Å². The molecule has 3 aliphatic heterocycles. The van der Waals surface area contributed by atoms with Crippen molar-refractivity contribution < 1.29 is 73.6 Å². The molecule has 3 aliphatic rings. The largest absolute Gasteiger partial charge is 0.480 e. The van der Waals surface area contributed by atoms with Crippen molar-refractivity contribution in [1.82, 2.24) is 41.0 Å². The monoisotopic (exact) mass is 1040 g/mol. The number of nitrogens with zero attached hydrogens (tertiary/aromatic N) is 3. The van der Waals surface area contributed by atoms with Crippen LogP contribution in [0, 0.1) is 11.8 Å². The van der Waals surface area contributed by atoms with Crippen LogP contribution in [0.15, 0.2) is 57.2 Å². The Balaban J connectivity index is 1.42. The quantitative estimate of drug-likeness (QED) is 0.0414. The number of amides is 4. The van der Waals surface area contributed by atoms with Crippen molar-refractivity contribution in [2.24, 2.45) is 28.3 Å². The van der Waals surface area contributed by atoms with Crippen molar-refractivity contribution in [1.29, 1.82) is 0 Å². The summed E-state index contributed by atoms with van der Waals surface area (Å²) in [6, 6.07) is 1.39. The van der Waals surface area contributed by atoms with Gasteiger partial charge < -0.3 is 87.6 Å². The number of hydrogen-bond acceptors (Lipinski definition) is 20. The predicted molar refractivity (Wildman–Crippen MR) is 255 cm³/mol. The number of H-pyrrole nitrogens is 1. The van der Waals surface area contributed by atoms with Crippen molar-refractivity contribution in [3.05, 3.63) is 69.0 Å². The highest BCUT2D eigenvalue weighted by atomic mass is 16.7. The fraction of sp³-hybridized carbons (Fsp3) is 0.644. The third kappa shape index (κ3) is 14.6. The number of carboxylic acid groups (broad SMARTS) is 2. The number of nitrogens with one attached hydrogen (secondary N) is 6. The van der Waals surface area contributed by atoms with E-state index in [9.17, 15) is 64.2 Å². The van der Waals surface area contributed by atoms with Gasteiger partial charge in [0.2, 0.25) is 11.8 Å². The minimum absolute atomic E-state index is 0.0241. The second-order valence-electron chi connectivity index (χ2n) is 18.6. The lowest BCUT2D eigenvalue weighted by atomic mass is 9.96. The van der Waals surface area contributed by atoms with E-state index < -0.39 is 144 Å². The third-order valence-electron chi connectivity index (χ3n) is 12.8. The number of methoxy groups -OCH3 is 1. The molecule has 0 aliphatic carbocycles. The maximum Gasteiger partial charge on any atom is 0.330 e. The molecule has 0 saturated carbocycles. The Labute approximate surface area is 418 Å². The minimum atomic E-state index is -1.95. The first-order valence-electron chi connectivity index (χ1n) is 23.8. The number of carboxylic acids is 2. The molecule has 15 atom stereocenters. The molecule has 5 rings (SSSR count). The summed E-state index contributed by atoms with van der Waals surface area (Å²) >= 11 is 0. The van der Waals surface area contributed by atoms with Crippen LogP contribution in [0.4, 0.5) is 4.79 Å². The zero-order chi connectivity index (χ0) is 53.8. The van der Waals surface area contributed by atoms with Gasteiger partial charge in [0.25, 0.3) is 5.56 Å². The number of guanidine groups is 1. The highest BCUT2D eigenvalue weighted by molar-refractivity contribution is 5.94. The second-order valence-corrected chi connectivity index (χ2v) is 18.6. The number of aliphatic carboxylic acids is 2. The topological polar surface area (TPSA) is 426 Å². The van der Waals surface area contributed by atoms with Gasteiger partial charge in [0.05, 0.1) is 12.1 Å². The van der Waals surface area contributed by atoms with Crippen molar-refractivity contribution in [3.63, 3.8) is 0 Å². The van der Waals surface area contributed by atoms with Gasteiger partial charge >= 0.3 is 23.7 Å². The van der Waals surface area contributed by atoms with Crippen molar-refractivity contribution in [2.45, 2.75) is 139 Å². The zero-order valence-electron chi connectivity index (χ0n) is 41.0. The van der Waals surface area contributed by atoms with E-state index in [4.69, 9.17) is 30.4 Å². The van der Waals surface area contributed by atoms with Crippen molar-refractivity contribution >= 4 is 35.7 Å². The molecule has 28 heteroatoms. The number of rotatable bonds is 25. The summed E-state index contributed by atoms with van der Waals surface area (Å²) in [6.07, 6.45) is -14.6. The molecule has 1 aromatic heterocycles. The molecule has 73 heavy (non-hydrogen) atoms. The Hall–Kier alpha value is -6.08. The summed E-state index contributed by atoms with van der Waals surface area (Å²) in [6.45, 7) is 5.81. The van der Waals surface area contributed by atoms with Gasteiger partial charge in [-0.2, -0.15) is 0 Å². The average molecular weight is 1040 g/mol. The van der Waals surface area contributed by atoms with E-state index in [1.807, 2.05) is 4.98 Å². The van der Waals surface area contributed by atoms with E-state index in [1.54, 1.807) is 58.0 Å². The summed E-state index contributed by atoms with van der Waals surface area (Å²) in [5.74, 6) is -5.86. The molecule has 4 heterocycles.